The van der Waals surface area contributed by atoms with E-state index < -0.39 is 0 Å². The lowest BCUT2D eigenvalue weighted by molar-refractivity contribution is -0.0338. The zero-order chi connectivity index (χ0) is 22.8. The predicted octanol–water partition coefficient (Wildman–Crippen LogP) is 5.88. The summed E-state index contributed by atoms with van der Waals surface area (Å²) in [6.07, 6.45) is 2.70. The third-order valence-corrected chi connectivity index (χ3v) is 6.13. The number of aryl methyl sites for hydroxylation is 2. The first kappa shape index (κ1) is 21.3. The SMILES string of the molecule is Cc1ccc(OC[C@H]2O[C@@H](n3cc(C=O)c4ccccc43)C[C@@H]2Oc2ccc(C)cc2)cc1. The number of rotatable bonds is 7. The fraction of sp³-hybridized carbons (Fsp3) is 0.250. The Hall–Kier alpha value is -3.57. The second-order valence-electron chi connectivity index (χ2n) is 8.59. The number of aromatic nitrogens is 1. The van der Waals surface area contributed by atoms with Gasteiger partial charge in [0.1, 0.15) is 36.5 Å². The molecule has 0 radical (unpaired) electrons. The highest BCUT2D eigenvalue weighted by Crippen LogP contribution is 2.35. The summed E-state index contributed by atoms with van der Waals surface area (Å²) in [5.74, 6) is 1.61. The third-order valence-electron chi connectivity index (χ3n) is 6.13. The molecule has 0 bridgehead atoms. The Morgan fingerprint density at radius 1 is 0.939 bits per heavy atom. The Morgan fingerprint density at radius 2 is 1.61 bits per heavy atom. The van der Waals surface area contributed by atoms with Crippen LogP contribution in [0.5, 0.6) is 11.5 Å². The minimum Gasteiger partial charge on any atom is -0.491 e. The number of para-hydroxylation sites is 1. The smallest absolute Gasteiger partial charge is 0.152 e. The first-order chi connectivity index (χ1) is 16.1. The lowest BCUT2D eigenvalue weighted by Gasteiger charge is -2.20. The van der Waals surface area contributed by atoms with Crippen molar-refractivity contribution in [1.82, 2.24) is 4.57 Å². The van der Waals surface area contributed by atoms with Crippen LogP contribution in [0.1, 0.15) is 34.1 Å². The molecule has 168 valence electrons. The van der Waals surface area contributed by atoms with Crippen LogP contribution < -0.4 is 9.47 Å². The Labute approximate surface area is 193 Å². The number of hydrogen-bond acceptors (Lipinski definition) is 4. The molecule has 3 atom stereocenters. The number of hydrogen-bond donors (Lipinski definition) is 0. The van der Waals surface area contributed by atoms with Crippen LogP contribution in [0.15, 0.2) is 79.0 Å². The minimum atomic E-state index is -0.265. The number of carbonyl (C=O) groups excluding carboxylic acids is 1. The van der Waals surface area contributed by atoms with Crippen molar-refractivity contribution in [1.29, 1.82) is 0 Å². The molecule has 4 aromatic rings. The van der Waals surface area contributed by atoms with Crippen molar-refractivity contribution < 1.29 is 19.0 Å². The number of nitrogens with zero attached hydrogens (tertiary/aromatic N) is 1. The average Bonchev–Trinajstić information content (AvgIpc) is 3.41. The molecule has 5 nitrogen and oxygen atoms in total. The number of carbonyl (C=O) groups is 1. The molecule has 1 saturated heterocycles. The first-order valence-electron chi connectivity index (χ1n) is 11.2. The van der Waals surface area contributed by atoms with E-state index in [1.165, 1.54) is 11.1 Å². The molecule has 2 heterocycles. The molecule has 1 fully saturated rings. The maximum absolute atomic E-state index is 11.6. The lowest BCUT2D eigenvalue weighted by Crippen LogP contribution is -2.32. The molecule has 1 aliphatic rings. The van der Waals surface area contributed by atoms with Crippen molar-refractivity contribution in [2.24, 2.45) is 0 Å². The summed E-state index contributed by atoms with van der Waals surface area (Å²) in [7, 11) is 0. The van der Waals surface area contributed by atoms with Gasteiger partial charge in [0.05, 0.1) is 5.52 Å². The van der Waals surface area contributed by atoms with Gasteiger partial charge in [-0.2, -0.15) is 0 Å². The predicted molar refractivity (Wildman–Crippen MR) is 128 cm³/mol. The molecular weight excluding hydrogens is 414 g/mol. The molecule has 0 N–H and O–H groups in total. The molecule has 0 saturated carbocycles. The van der Waals surface area contributed by atoms with Gasteiger partial charge in [0, 0.05) is 23.6 Å². The van der Waals surface area contributed by atoms with Crippen molar-refractivity contribution in [3.8, 4) is 11.5 Å². The van der Waals surface area contributed by atoms with Crippen LogP contribution in [0.4, 0.5) is 0 Å². The minimum absolute atomic E-state index is 0.191. The molecule has 0 amide bonds. The Morgan fingerprint density at radius 3 is 2.30 bits per heavy atom. The summed E-state index contributed by atoms with van der Waals surface area (Å²) in [5.41, 5.74) is 4.00. The van der Waals surface area contributed by atoms with E-state index in [2.05, 4.69) is 13.8 Å². The topological polar surface area (TPSA) is 49.7 Å². The lowest BCUT2D eigenvalue weighted by atomic mass is 10.1. The second-order valence-corrected chi connectivity index (χ2v) is 8.59. The van der Waals surface area contributed by atoms with E-state index in [9.17, 15) is 4.79 Å². The normalized spacial score (nSPS) is 20.1. The molecule has 3 aromatic carbocycles. The highest BCUT2D eigenvalue weighted by Gasteiger charge is 2.39. The maximum Gasteiger partial charge on any atom is 0.152 e. The van der Waals surface area contributed by atoms with Crippen LogP contribution in [-0.2, 0) is 4.74 Å². The maximum atomic E-state index is 11.6. The molecule has 5 heteroatoms. The summed E-state index contributed by atoms with van der Waals surface area (Å²) in [6.45, 7) is 4.48. The van der Waals surface area contributed by atoms with E-state index in [4.69, 9.17) is 14.2 Å². The summed E-state index contributed by atoms with van der Waals surface area (Å²) >= 11 is 0. The van der Waals surface area contributed by atoms with Crippen LogP contribution in [0.25, 0.3) is 10.9 Å². The van der Waals surface area contributed by atoms with Gasteiger partial charge in [0.2, 0.25) is 0 Å². The summed E-state index contributed by atoms with van der Waals surface area (Å²) in [5, 5.41) is 0.923. The van der Waals surface area contributed by atoms with Gasteiger partial charge in [-0.3, -0.25) is 4.79 Å². The number of aldehydes is 1. The first-order valence-corrected chi connectivity index (χ1v) is 11.2. The molecule has 0 spiro atoms. The van der Waals surface area contributed by atoms with Gasteiger partial charge in [0.25, 0.3) is 0 Å². The highest BCUT2D eigenvalue weighted by molar-refractivity contribution is 5.97. The largest absolute Gasteiger partial charge is 0.491 e. The monoisotopic (exact) mass is 441 g/mol. The Balaban J connectivity index is 1.40. The molecule has 1 aliphatic heterocycles. The summed E-state index contributed by atoms with van der Waals surface area (Å²) in [4.78, 5) is 11.6. The van der Waals surface area contributed by atoms with E-state index in [1.807, 2.05) is 83.6 Å². The Bertz CT molecular complexity index is 1240. The number of ether oxygens (including phenoxy) is 3. The van der Waals surface area contributed by atoms with E-state index in [-0.39, 0.29) is 18.4 Å². The molecule has 33 heavy (non-hydrogen) atoms. The fourth-order valence-corrected chi connectivity index (χ4v) is 4.31. The van der Waals surface area contributed by atoms with E-state index in [1.54, 1.807) is 0 Å². The van der Waals surface area contributed by atoms with Crippen LogP contribution in [0.2, 0.25) is 0 Å². The van der Waals surface area contributed by atoms with Gasteiger partial charge >= 0.3 is 0 Å². The second kappa shape index (κ2) is 9.12. The summed E-state index contributed by atoms with van der Waals surface area (Å²) < 4.78 is 20.9. The van der Waals surface area contributed by atoms with Crippen molar-refractivity contribution in [2.45, 2.75) is 38.7 Å². The molecule has 5 rings (SSSR count). The number of benzene rings is 3. The van der Waals surface area contributed by atoms with Crippen molar-refractivity contribution >= 4 is 17.2 Å². The molecule has 0 unspecified atom stereocenters. The third kappa shape index (κ3) is 4.50. The highest BCUT2D eigenvalue weighted by atomic mass is 16.6. The van der Waals surface area contributed by atoms with E-state index in [0.29, 0.717) is 18.6 Å². The van der Waals surface area contributed by atoms with E-state index in [0.717, 1.165) is 28.7 Å². The quantitative estimate of drug-likeness (QED) is 0.336. The van der Waals surface area contributed by atoms with Gasteiger partial charge in [-0.1, -0.05) is 53.6 Å². The van der Waals surface area contributed by atoms with Gasteiger partial charge < -0.3 is 18.8 Å². The van der Waals surface area contributed by atoms with Gasteiger partial charge in [-0.05, 0) is 44.2 Å². The average molecular weight is 442 g/mol. The van der Waals surface area contributed by atoms with Crippen LogP contribution in [-0.4, -0.2) is 29.7 Å². The number of fused-ring (bicyclic) bond motifs is 1. The van der Waals surface area contributed by atoms with Crippen molar-refractivity contribution in [3.05, 3.63) is 95.7 Å². The van der Waals surface area contributed by atoms with E-state index >= 15 is 0 Å². The molecule has 1 aromatic heterocycles. The standard InChI is InChI=1S/C28H27NO4/c1-19-7-11-22(12-8-19)31-18-27-26(32-23-13-9-20(2)10-14-23)15-28(33-27)29-16-21(17-30)24-5-3-4-6-25(24)29/h3-14,16-17,26-28H,15,18H2,1-2H3/t26-,27+,28+/m0/s1. The van der Waals surface area contributed by atoms with Gasteiger partial charge in [-0.25, -0.2) is 0 Å². The molecule has 0 aliphatic carbocycles. The Kier molecular flexibility index (Phi) is 5.88. The van der Waals surface area contributed by atoms with Crippen molar-refractivity contribution in [3.63, 3.8) is 0 Å². The zero-order valence-electron chi connectivity index (χ0n) is 18.8. The van der Waals surface area contributed by atoms with Crippen LogP contribution >= 0.6 is 0 Å². The van der Waals surface area contributed by atoms with Crippen LogP contribution in [0.3, 0.4) is 0 Å². The zero-order valence-corrected chi connectivity index (χ0v) is 18.8. The molecular formula is C28H27NO4. The summed E-state index contributed by atoms with van der Waals surface area (Å²) in [6, 6.07) is 23.9. The van der Waals surface area contributed by atoms with Crippen molar-refractivity contribution in [2.75, 3.05) is 6.61 Å². The van der Waals surface area contributed by atoms with Gasteiger partial charge in [-0.15, -0.1) is 0 Å². The fourth-order valence-electron chi connectivity index (χ4n) is 4.31. The van der Waals surface area contributed by atoms with Gasteiger partial charge in [0.15, 0.2) is 6.29 Å². The van der Waals surface area contributed by atoms with Crippen LogP contribution in [0, 0.1) is 13.8 Å².